The Morgan fingerprint density at radius 2 is 1.93 bits per heavy atom. The molecule has 2 fully saturated rings. The molecule has 0 radical (unpaired) electrons. The fourth-order valence-electron chi connectivity index (χ4n) is 5.20. The Labute approximate surface area is 165 Å². The molecular formula is C22H30N4O2. The van der Waals surface area contributed by atoms with Gasteiger partial charge in [0.25, 0.3) is 0 Å². The highest BCUT2D eigenvalue weighted by Crippen LogP contribution is 2.41. The minimum atomic E-state index is -0.577. The Morgan fingerprint density at radius 3 is 2.64 bits per heavy atom. The average molecular weight is 383 g/mol. The third kappa shape index (κ3) is 3.65. The first-order valence-electron chi connectivity index (χ1n) is 10.4. The fraction of sp³-hybridized carbons (Fsp3) is 0.545. The van der Waals surface area contributed by atoms with Crippen molar-refractivity contribution in [3.05, 3.63) is 36.0 Å². The van der Waals surface area contributed by atoms with E-state index in [0.717, 1.165) is 42.1 Å². The van der Waals surface area contributed by atoms with Crippen LogP contribution in [0, 0.1) is 17.8 Å². The summed E-state index contributed by atoms with van der Waals surface area (Å²) in [5.74, 6) is 0.680. The SMILES string of the molecule is CNC(=O)[C@H](Cc1c[nH]c2ccccc12)NC(=O)C1CC2CCCC(C1)C2N. The van der Waals surface area contributed by atoms with Gasteiger partial charge in [-0.3, -0.25) is 9.59 Å². The molecule has 2 aromatic rings. The van der Waals surface area contributed by atoms with Gasteiger partial charge in [-0.25, -0.2) is 0 Å². The minimum Gasteiger partial charge on any atom is -0.361 e. The van der Waals surface area contributed by atoms with Crippen LogP contribution in [0.1, 0.15) is 37.7 Å². The zero-order valence-corrected chi connectivity index (χ0v) is 16.4. The number of nitrogens with two attached hydrogens (primary N) is 1. The number of para-hydroxylation sites is 1. The van der Waals surface area contributed by atoms with Crippen molar-refractivity contribution in [3.63, 3.8) is 0 Å². The second kappa shape index (κ2) is 7.95. The number of H-pyrrole nitrogens is 1. The standard InChI is InChI=1S/C22H30N4O2/c1-24-22(28)19(11-16-12-25-18-8-3-2-7-17(16)18)26-21(27)15-9-13-5-4-6-14(10-15)20(13)23/h2-3,7-8,12-15,19-20,25H,4-6,9-11,23H2,1H3,(H,24,28)(H,26,27)/t13?,14?,15?,19-,20?/m0/s1. The zero-order valence-electron chi connectivity index (χ0n) is 16.4. The van der Waals surface area contributed by atoms with Crippen molar-refractivity contribution >= 4 is 22.7 Å². The molecule has 28 heavy (non-hydrogen) atoms. The van der Waals surface area contributed by atoms with Crippen molar-refractivity contribution in [2.24, 2.45) is 23.5 Å². The lowest BCUT2D eigenvalue weighted by molar-refractivity contribution is -0.132. The van der Waals surface area contributed by atoms with Gasteiger partial charge in [-0.15, -0.1) is 0 Å². The van der Waals surface area contributed by atoms with Gasteiger partial charge in [0.2, 0.25) is 11.8 Å². The smallest absolute Gasteiger partial charge is 0.242 e. The summed E-state index contributed by atoms with van der Waals surface area (Å²) in [5.41, 5.74) is 8.43. The maximum atomic E-state index is 13.0. The van der Waals surface area contributed by atoms with E-state index in [1.807, 2.05) is 30.5 Å². The summed E-state index contributed by atoms with van der Waals surface area (Å²) in [6.07, 6.45) is 7.55. The van der Waals surface area contributed by atoms with Gasteiger partial charge >= 0.3 is 0 Å². The molecule has 0 saturated heterocycles. The number of carbonyl (C=O) groups is 2. The van der Waals surface area contributed by atoms with Crippen LogP contribution in [0.25, 0.3) is 10.9 Å². The summed E-state index contributed by atoms with van der Waals surface area (Å²) in [6, 6.07) is 7.66. The Kier molecular flexibility index (Phi) is 5.40. The summed E-state index contributed by atoms with van der Waals surface area (Å²) in [6.45, 7) is 0. The number of hydrogen-bond donors (Lipinski definition) is 4. The number of fused-ring (bicyclic) bond motifs is 3. The van der Waals surface area contributed by atoms with Crippen LogP contribution in [0.2, 0.25) is 0 Å². The molecule has 2 bridgehead atoms. The number of rotatable bonds is 5. The summed E-state index contributed by atoms with van der Waals surface area (Å²) in [4.78, 5) is 28.7. The molecule has 1 aromatic carbocycles. The molecule has 3 atom stereocenters. The minimum absolute atomic E-state index is 0.00255. The number of nitrogens with one attached hydrogen (secondary N) is 3. The second-order valence-electron chi connectivity index (χ2n) is 8.44. The number of amides is 2. The lowest BCUT2D eigenvalue weighted by Gasteiger charge is -2.43. The second-order valence-corrected chi connectivity index (χ2v) is 8.44. The number of aromatic nitrogens is 1. The Hall–Kier alpha value is -2.34. The van der Waals surface area contributed by atoms with Crippen molar-refractivity contribution in [1.82, 2.24) is 15.6 Å². The topological polar surface area (TPSA) is 100 Å². The van der Waals surface area contributed by atoms with Gasteiger partial charge in [0, 0.05) is 42.5 Å². The summed E-state index contributed by atoms with van der Waals surface area (Å²) in [5, 5.41) is 6.82. The number of carbonyl (C=O) groups excluding carboxylic acids is 2. The van der Waals surface area contributed by atoms with Crippen molar-refractivity contribution < 1.29 is 9.59 Å². The van der Waals surface area contributed by atoms with Crippen molar-refractivity contribution in [2.45, 2.75) is 50.6 Å². The molecule has 1 aromatic heterocycles. The van der Waals surface area contributed by atoms with E-state index in [0.29, 0.717) is 18.3 Å². The lowest BCUT2D eigenvalue weighted by Crippen LogP contribution is -2.53. The van der Waals surface area contributed by atoms with Gasteiger partial charge in [-0.05, 0) is 49.1 Å². The van der Waals surface area contributed by atoms with Gasteiger partial charge in [-0.2, -0.15) is 0 Å². The van der Waals surface area contributed by atoms with Gasteiger partial charge < -0.3 is 21.4 Å². The normalized spacial score (nSPS) is 27.9. The summed E-state index contributed by atoms with van der Waals surface area (Å²) >= 11 is 0. The van der Waals surface area contributed by atoms with E-state index < -0.39 is 6.04 Å². The highest BCUT2D eigenvalue weighted by atomic mass is 16.2. The molecule has 2 saturated carbocycles. The molecule has 6 heteroatoms. The van der Waals surface area contributed by atoms with E-state index in [1.54, 1.807) is 7.05 Å². The van der Waals surface area contributed by atoms with E-state index >= 15 is 0 Å². The molecule has 5 N–H and O–H groups in total. The molecule has 2 aliphatic rings. The molecule has 6 nitrogen and oxygen atoms in total. The Morgan fingerprint density at radius 1 is 1.21 bits per heavy atom. The van der Waals surface area contributed by atoms with Crippen molar-refractivity contribution in [2.75, 3.05) is 7.05 Å². The van der Waals surface area contributed by atoms with Crippen LogP contribution in [0.3, 0.4) is 0 Å². The molecule has 4 rings (SSSR count). The Balaban J connectivity index is 1.47. The first-order chi connectivity index (χ1) is 13.6. The predicted molar refractivity (Wildman–Crippen MR) is 110 cm³/mol. The van der Waals surface area contributed by atoms with E-state index in [4.69, 9.17) is 5.73 Å². The van der Waals surface area contributed by atoms with Crippen LogP contribution in [-0.2, 0) is 16.0 Å². The molecule has 2 amide bonds. The van der Waals surface area contributed by atoms with Crippen LogP contribution in [0.4, 0.5) is 0 Å². The van der Waals surface area contributed by atoms with Crippen LogP contribution < -0.4 is 16.4 Å². The fourth-order valence-corrected chi connectivity index (χ4v) is 5.20. The maximum absolute atomic E-state index is 13.0. The van der Waals surface area contributed by atoms with E-state index in [9.17, 15) is 9.59 Å². The van der Waals surface area contributed by atoms with E-state index in [2.05, 4.69) is 15.6 Å². The highest BCUT2D eigenvalue weighted by Gasteiger charge is 2.41. The van der Waals surface area contributed by atoms with Gasteiger partial charge in [0.15, 0.2) is 0 Å². The average Bonchev–Trinajstić information content (AvgIpc) is 3.09. The van der Waals surface area contributed by atoms with E-state index in [1.165, 1.54) is 6.42 Å². The quantitative estimate of drug-likeness (QED) is 0.637. The lowest BCUT2D eigenvalue weighted by atomic mass is 9.65. The Bertz CT molecular complexity index is 847. The number of likely N-dealkylation sites (N-methyl/N-ethyl adjacent to an activating group) is 1. The monoisotopic (exact) mass is 382 g/mol. The van der Waals surface area contributed by atoms with Gasteiger partial charge in [0.05, 0.1) is 0 Å². The summed E-state index contributed by atoms with van der Waals surface area (Å²) < 4.78 is 0. The van der Waals surface area contributed by atoms with Crippen molar-refractivity contribution in [3.8, 4) is 0 Å². The largest absolute Gasteiger partial charge is 0.361 e. The number of aromatic amines is 1. The van der Waals surface area contributed by atoms with Crippen LogP contribution in [0.5, 0.6) is 0 Å². The summed E-state index contributed by atoms with van der Waals surface area (Å²) in [7, 11) is 1.61. The third-order valence-corrected chi connectivity index (χ3v) is 6.76. The number of benzene rings is 1. The van der Waals surface area contributed by atoms with Crippen molar-refractivity contribution in [1.29, 1.82) is 0 Å². The molecule has 0 aliphatic heterocycles. The molecule has 0 spiro atoms. The molecular weight excluding hydrogens is 352 g/mol. The third-order valence-electron chi connectivity index (χ3n) is 6.76. The first-order valence-corrected chi connectivity index (χ1v) is 10.4. The predicted octanol–water partition coefficient (Wildman–Crippen LogP) is 2.09. The van der Waals surface area contributed by atoms with Gasteiger partial charge in [-0.1, -0.05) is 24.6 Å². The number of hydrogen-bond acceptors (Lipinski definition) is 3. The zero-order chi connectivity index (χ0) is 19.7. The van der Waals surface area contributed by atoms with E-state index in [-0.39, 0.29) is 23.8 Å². The van der Waals surface area contributed by atoms with Crippen LogP contribution in [-0.4, -0.2) is 35.9 Å². The van der Waals surface area contributed by atoms with Gasteiger partial charge in [0.1, 0.15) is 6.04 Å². The molecule has 1 heterocycles. The molecule has 150 valence electrons. The maximum Gasteiger partial charge on any atom is 0.242 e. The van der Waals surface area contributed by atoms with Crippen LogP contribution >= 0.6 is 0 Å². The first kappa shape index (κ1) is 19.0. The molecule has 2 unspecified atom stereocenters. The molecule has 2 aliphatic carbocycles. The van der Waals surface area contributed by atoms with Crippen LogP contribution in [0.15, 0.2) is 30.5 Å². The highest BCUT2D eigenvalue weighted by molar-refractivity contribution is 5.90.